The van der Waals surface area contributed by atoms with Crippen LogP contribution in [0.5, 0.6) is 5.88 Å². The summed E-state index contributed by atoms with van der Waals surface area (Å²) < 4.78 is 0. The summed E-state index contributed by atoms with van der Waals surface area (Å²) in [5.74, 6) is 6.59. The van der Waals surface area contributed by atoms with E-state index in [1.807, 2.05) is 33.3 Å². The second kappa shape index (κ2) is 9.08. The third kappa shape index (κ3) is 6.33. The summed E-state index contributed by atoms with van der Waals surface area (Å²) in [6, 6.07) is 1.83. The van der Waals surface area contributed by atoms with Crippen molar-refractivity contribution in [1.82, 2.24) is 10.3 Å². The lowest BCUT2D eigenvalue weighted by atomic mass is 10.2. The number of aryl methyl sites for hydroxylation is 1. The average Bonchev–Trinajstić information content (AvgIpc) is 2.25. The van der Waals surface area contributed by atoms with Crippen molar-refractivity contribution >= 4 is 11.8 Å². The van der Waals surface area contributed by atoms with Crippen LogP contribution in [0.1, 0.15) is 11.1 Å². The Morgan fingerprint density at radius 2 is 2.12 bits per heavy atom. The highest BCUT2D eigenvalue weighted by atomic mass is 32.2. The lowest BCUT2D eigenvalue weighted by molar-refractivity contribution is 0.451. The van der Waals surface area contributed by atoms with E-state index in [0.29, 0.717) is 5.56 Å². The number of rotatable bonds is 1. The zero-order valence-corrected chi connectivity index (χ0v) is 11.0. The van der Waals surface area contributed by atoms with Crippen molar-refractivity contribution in [2.45, 2.75) is 6.92 Å². The molecule has 0 radical (unpaired) electrons. The first-order valence-corrected chi connectivity index (χ1v) is 6.27. The average molecular weight is 238 g/mol. The highest BCUT2D eigenvalue weighted by molar-refractivity contribution is 7.98. The summed E-state index contributed by atoms with van der Waals surface area (Å²) in [6.07, 6.45) is 3.61. The van der Waals surface area contributed by atoms with E-state index in [1.54, 1.807) is 18.0 Å². The predicted molar refractivity (Wildman–Crippen MR) is 70.9 cm³/mol. The lowest BCUT2D eigenvalue weighted by Crippen LogP contribution is -1.89. The molecule has 0 atom stereocenters. The van der Waals surface area contributed by atoms with Gasteiger partial charge in [-0.05, 0) is 38.9 Å². The molecule has 0 bridgehead atoms. The molecule has 1 rings (SSSR count). The minimum absolute atomic E-state index is 0.0132. The van der Waals surface area contributed by atoms with Crippen molar-refractivity contribution in [3.05, 3.63) is 23.4 Å². The number of nitrogens with zero attached hydrogens (tertiary/aromatic N) is 1. The molecule has 3 nitrogen and oxygen atoms in total. The molecule has 0 amide bonds. The summed E-state index contributed by atoms with van der Waals surface area (Å²) in [4.78, 5) is 3.80. The molecular formula is C12H18N2OS. The molecular weight excluding hydrogens is 220 g/mol. The van der Waals surface area contributed by atoms with E-state index in [1.165, 1.54) is 0 Å². The number of hydrogen-bond donors (Lipinski definition) is 2. The third-order valence-corrected chi connectivity index (χ3v) is 1.88. The molecule has 1 heterocycles. The number of aromatic nitrogens is 1. The number of aromatic hydroxyl groups is 1. The van der Waals surface area contributed by atoms with Crippen LogP contribution in [-0.2, 0) is 0 Å². The van der Waals surface area contributed by atoms with E-state index in [2.05, 4.69) is 22.1 Å². The largest absolute Gasteiger partial charge is 0.492 e. The van der Waals surface area contributed by atoms with Crippen molar-refractivity contribution in [1.29, 1.82) is 0 Å². The molecule has 0 saturated carbocycles. The summed E-state index contributed by atoms with van der Waals surface area (Å²) >= 11 is 1.66. The second-order valence-electron chi connectivity index (χ2n) is 3.12. The first-order chi connectivity index (χ1) is 7.65. The van der Waals surface area contributed by atoms with Crippen LogP contribution in [0.15, 0.2) is 12.3 Å². The van der Waals surface area contributed by atoms with Crippen LogP contribution >= 0.6 is 11.8 Å². The Labute approximate surface area is 102 Å². The van der Waals surface area contributed by atoms with Crippen LogP contribution < -0.4 is 5.32 Å². The second-order valence-corrected chi connectivity index (χ2v) is 3.98. The maximum absolute atomic E-state index is 9.31. The van der Waals surface area contributed by atoms with Gasteiger partial charge in [0.25, 0.3) is 0 Å². The SMILES string of the molecule is CNC.CSCC#Cc1cc(C)cnc1O. The Balaban J connectivity index is 0.000000673. The first-order valence-electron chi connectivity index (χ1n) is 4.87. The molecule has 2 N–H and O–H groups in total. The van der Waals surface area contributed by atoms with Crippen LogP contribution in [-0.4, -0.2) is 36.2 Å². The lowest BCUT2D eigenvalue weighted by Gasteiger charge is -1.96. The van der Waals surface area contributed by atoms with Crippen LogP contribution in [0.25, 0.3) is 0 Å². The highest BCUT2D eigenvalue weighted by Crippen LogP contribution is 2.12. The highest BCUT2D eigenvalue weighted by Gasteiger charge is 1.97. The van der Waals surface area contributed by atoms with Crippen molar-refractivity contribution in [2.24, 2.45) is 0 Å². The molecule has 0 aliphatic heterocycles. The van der Waals surface area contributed by atoms with Gasteiger partial charge in [0.05, 0.1) is 11.3 Å². The van der Waals surface area contributed by atoms with Crippen LogP contribution in [0.3, 0.4) is 0 Å². The maximum atomic E-state index is 9.31. The van der Waals surface area contributed by atoms with E-state index in [0.717, 1.165) is 11.3 Å². The van der Waals surface area contributed by atoms with Crippen LogP contribution in [0.4, 0.5) is 0 Å². The van der Waals surface area contributed by atoms with Crippen molar-refractivity contribution in [3.63, 3.8) is 0 Å². The topological polar surface area (TPSA) is 45.2 Å². The van der Waals surface area contributed by atoms with Gasteiger partial charge >= 0.3 is 0 Å². The monoisotopic (exact) mass is 238 g/mol. The fourth-order valence-corrected chi connectivity index (χ4v) is 1.07. The number of hydrogen-bond acceptors (Lipinski definition) is 4. The molecule has 0 aliphatic carbocycles. The van der Waals surface area contributed by atoms with E-state index in [4.69, 9.17) is 0 Å². The number of thioether (sulfide) groups is 1. The fourth-order valence-electron chi connectivity index (χ4n) is 0.857. The molecule has 0 fully saturated rings. The molecule has 0 saturated heterocycles. The van der Waals surface area contributed by atoms with Crippen molar-refractivity contribution in [3.8, 4) is 17.7 Å². The Hall–Kier alpha value is -1.18. The molecule has 1 aromatic rings. The third-order valence-electron chi connectivity index (χ3n) is 1.44. The van der Waals surface area contributed by atoms with Gasteiger partial charge in [-0.1, -0.05) is 11.8 Å². The minimum atomic E-state index is 0.0132. The molecule has 16 heavy (non-hydrogen) atoms. The van der Waals surface area contributed by atoms with E-state index >= 15 is 0 Å². The molecule has 88 valence electrons. The van der Waals surface area contributed by atoms with Crippen molar-refractivity contribution < 1.29 is 5.11 Å². The van der Waals surface area contributed by atoms with Gasteiger partial charge in [-0.3, -0.25) is 0 Å². The number of nitrogens with one attached hydrogen (secondary N) is 1. The van der Waals surface area contributed by atoms with Gasteiger partial charge in [0.1, 0.15) is 0 Å². The van der Waals surface area contributed by atoms with Gasteiger partial charge in [0, 0.05) is 6.20 Å². The smallest absolute Gasteiger partial charge is 0.226 e. The molecule has 0 aliphatic rings. The van der Waals surface area contributed by atoms with Crippen LogP contribution in [0, 0.1) is 18.8 Å². The molecule has 0 spiro atoms. The predicted octanol–water partition coefficient (Wildman–Crippen LogP) is 1.65. The summed E-state index contributed by atoms with van der Waals surface area (Å²) in [7, 11) is 3.75. The maximum Gasteiger partial charge on any atom is 0.226 e. The Kier molecular flexibility index (Phi) is 8.41. The number of pyridine rings is 1. The van der Waals surface area contributed by atoms with Gasteiger partial charge in [0.15, 0.2) is 0 Å². The van der Waals surface area contributed by atoms with Crippen LogP contribution in [0.2, 0.25) is 0 Å². The molecule has 0 aromatic carbocycles. The molecule has 1 aromatic heterocycles. The Morgan fingerprint density at radius 1 is 1.50 bits per heavy atom. The van der Waals surface area contributed by atoms with E-state index in [9.17, 15) is 5.11 Å². The zero-order valence-electron chi connectivity index (χ0n) is 10.2. The zero-order chi connectivity index (χ0) is 12.4. The Bertz CT molecular complexity index is 369. The van der Waals surface area contributed by atoms with Gasteiger partial charge in [-0.2, -0.15) is 11.8 Å². The standard InChI is InChI=1S/C10H11NOS.C2H7N/c1-8-6-9(4-3-5-13-2)10(12)11-7-8;1-3-2/h6-7H,5H2,1-2H3,(H,11,12);3H,1-2H3. The fraction of sp³-hybridized carbons (Fsp3) is 0.417. The summed E-state index contributed by atoms with van der Waals surface area (Å²) in [5, 5.41) is 12.1. The van der Waals surface area contributed by atoms with Gasteiger partial charge < -0.3 is 10.4 Å². The normalized spacial score (nSPS) is 8.50. The molecule has 0 unspecified atom stereocenters. The Morgan fingerprint density at radius 3 is 2.69 bits per heavy atom. The van der Waals surface area contributed by atoms with Gasteiger partial charge in [-0.15, -0.1) is 0 Å². The van der Waals surface area contributed by atoms with Gasteiger partial charge in [-0.25, -0.2) is 4.98 Å². The quantitative estimate of drug-likeness (QED) is 0.730. The first kappa shape index (κ1) is 14.8. The molecule has 4 heteroatoms. The minimum Gasteiger partial charge on any atom is -0.492 e. The van der Waals surface area contributed by atoms with E-state index < -0.39 is 0 Å². The summed E-state index contributed by atoms with van der Waals surface area (Å²) in [6.45, 7) is 1.92. The van der Waals surface area contributed by atoms with E-state index in [-0.39, 0.29) is 5.88 Å². The summed E-state index contributed by atoms with van der Waals surface area (Å²) in [5.41, 5.74) is 1.61. The van der Waals surface area contributed by atoms with Crippen molar-refractivity contribution in [2.75, 3.05) is 26.1 Å². The van der Waals surface area contributed by atoms with Gasteiger partial charge in [0.2, 0.25) is 5.88 Å².